The predicted octanol–water partition coefficient (Wildman–Crippen LogP) is 4.92. The summed E-state index contributed by atoms with van der Waals surface area (Å²) in [5, 5.41) is 8.82. The lowest BCUT2D eigenvalue weighted by atomic mass is 10.1. The molecular weight excluding hydrogens is 477 g/mol. The lowest BCUT2D eigenvalue weighted by Crippen LogP contribution is -2.29. The monoisotopic (exact) mass is 505 g/mol. The molecule has 4 rings (SSSR count). The zero-order valence-corrected chi connectivity index (χ0v) is 20.8. The number of nitrogens with one attached hydrogen (secondary N) is 1. The van der Waals surface area contributed by atoms with Crippen molar-refractivity contribution in [2.24, 2.45) is 0 Å². The van der Waals surface area contributed by atoms with Crippen LogP contribution < -0.4 is 20.5 Å². The quantitative estimate of drug-likeness (QED) is 0.398. The molecule has 0 amide bonds. The third-order valence-corrected chi connectivity index (χ3v) is 6.57. The van der Waals surface area contributed by atoms with Crippen molar-refractivity contribution >= 4 is 29.0 Å². The van der Waals surface area contributed by atoms with E-state index in [0.29, 0.717) is 46.4 Å². The van der Waals surface area contributed by atoms with Crippen LogP contribution in [-0.2, 0) is 4.74 Å². The van der Waals surface area contributed by atoms with Gasteiger partial charge in [-0.15, -0.1) is 0 Å². The van der Waals surface area contributed by atoms with Crippen LogP contribution in [0.1, 0.15) is 37.5 Å². The molecule has 0 spiro atoms. The summed E-state index contributed by atoms with van der Waals surface area (Å²) in [4.78, 5) is 4.34. The van der Waals surface area contributed by atoms with E-state index < -0.39 is 6.10 Å². The number of nitrogens with two attached hydrogens (primary N) is 1. The number of pyridine rings is 1. The number of nitrogen functional groups attached to an aromatic ring is 1. The molecule has 3 heterocycles. The van der Waals surface area contributed by atoms with Crippen LogP contribution in [0.3, 0.4) is 0 Å². The van der Waals surface area contributed by atoms with Gasteiger partial charge in [-0.1, -0.05) is 23.2 Å². The van der Waals surface area contributed by atoms with Crippen LogP contribution >= 0.6 is 23.2 Å². The molecule has 0 radical (unpaired) electrons. The Balaban J connectivity index is 1.54. The molecule has 1 aliphatic rings. The molecule has 1 saturated heterocycles. The molecule has 1 aliphatic heterocycles. The number of piperidine rings is 1. The Labute approximate surface area is 209 Å². The van der Waals surface area contributed by atoms with Gasteiger partial charge in [0.05, 0.1) is 23.9 Å². The fourth-order valence-electron chi connectivity index (χ4n) is 3.98. The molecular formula is C24H29Cl2N5O3. The smallest absolute Gasteiger partial charge is 0.166 e. The summed E-state index contributed by atoms with van der Waals surface area (Å²) in [5.41, 5.74) is 8.57. The number of halogens is 2. The van der Waals surface area contributed by atoms with Gasteiger partial charge in [0.1, 0.15) is 18.5 Å². The van der Waals surface area contributed by atoms with Crippen molar-refractivity contribution in [1.29, 1.82) is 0 Å². The molecule has 0 aliphatic carbocycles. The lowest BCUT2D eigenvalue weighted by Gasteiger charge is -2.22. The number of nitrogens with zero attached hydrogens (tertiary/aromatic N) is 3. The van der Waals surface area contributed by atoms with E-state index in [1.165, 1.54) is 0 Å². The SMILES string of the molecule is COCCOc1ccc(Cl)c(C(C)Oc2cc(-c3cnn(C4CCNCC4)c3)cnc2N)c1Cl. The molecule has 1 aromatic carbocycles. The maximum atomic E-state index is 6.60. The number of ether oxygens (including phenoxy) is 3. The van der Waals surface area contributed by atoms with E-state index in [4.69, 9.17) is 43.1 Å². The fourth-order valence-corrected chi connectivity index (χ4v) is 4.72. The van der Waals surface area contributed by atoms with Gasteiger partial charge in [-0.3, -0.25) is 4.68 Å². The Morgan fingerprint density at radius 3 is 2.71 bits per heavy atom. The largest absolute Gasteiger partial charge is 0.490 e. The van der Waals surface area contributed by atoms with Gasteiger partial charge in [0, 0.05) is 41.2 Å². The zero-order chi connectivity index (χ0) is 24.1. The topological polar surface area (TPSA) is 96.5 Å². The van der Waals surface area contributed by atoms with Gasteiger partial charge in [-0.2, -0.15) is 5.10 Å². The molecule has 182 valence electrons. The third-order valence-electron chi connectivity index (χ3n) is 5.85. The minimum Gasteiger partial charge on any atom is -0.490 e. The number of aromatic nitrogens is 3. The minimum atomic E-state index is -0.497. The Morgan fingerprint density at radius 1 is 1.15 bits per heavy atom. The molecule has 34 heavy (non-hydrogen) atoms. The number of anilines is 1. The van der Waals surface area contributed by atoms with Gasteiger partial charge in [0.2, 0.25) is 0 Å². The van der Waals surface area contributed by atoms with Gasteiger partial charge in [-0.05, 0) is 51.1 Å². The van der Waals surface area contributed by atoms with Crippen molar-refractivity contribution in [3.05, 3.63) is 52.4 Å². The van der Waals surface area contributed by atoms with Crippen molar-refractivity contribution in [3.63, 3.8) is 0 Å². The van der Waals surface area contributed by atoms with Crippen LogP contribution in [0.15, 0.2) is 36.8 Å². The Bertz CT molecular complexity index is 1120. The highest BCUT2D eigenvalue weighted by atomic mass is 35.5. The van der Waals surface area contributed by atoms with Gasteiger partial charge >= 0.3 is 0 Å². The zero-order valence-electron chi connectivity index (χ0n) is 19.3. The Hall–Kier alpha value is -2.52. The second kappa shape index (κ2) is 11.3. The first-order valence-electron chi connectivity index (χ1n) is 11.2. The molecule has 1 unspecified atom stereocenters. The van der Waals surface area contributed by atoms with E-state index in [0.717, 1.165) is 37.1 Å². The molecule has 0 bridgehead atoms. The van der Waals surface area contributed by atoms with Gasteiger partial charge < -0.3 is 25.3 Å². The Kier molecular flexibility index (Phi) is 8.15. The molecule has 1 fully saturated rings. The summed E-state index contributed by atoms with van der Waals surface area (Å²) < 4.78 is 19.0. The van der Waals surface area contributed by atoms with Gasteiger partial charge in [0.15, 0.2) is 11.6 Å². The number of methoxy groups -OCH3 is 1. The predicted molar refractivity (Wildman–Crippen MR) is 134 cm³/mol. The Morgan fingerprint density at radius 2 is 1.94 bits per heavy atom. The van der Waals surface area contributed by atoms with E-state index in [2.05, 4.69) is 15.4 Å². The average Bonchev–Trinajstić information content (AvgIpc) is 3.33. The molecule has 8 nitrogen and oxygen atoms in total. The maximum Gasteiger partial charge on any atom is 0.166 e. The van der Waals surface area contributed by atoms with Crippen molar-refractivity contribution in [2.75, 3.05) is 39.1 Å². The van der Waals surface area contributed by atoms with E-state index in [1.54, 1.807) is 25.4 Å². The fraction of sp³-hybridized carbons (Fsp3) is 0.417. The molecule has 10 heteroatoms. The first kappa shape index (κ1) is 24.6. The van der Waals surface area contributed by atoms with Gasteiger partial charge in [0.25, 0.3) is 0 Å². The summed E-state index contributed by atoms with van der Waals surface area (Å²) in [6.07, 6.45) is 7.23. The first-order valence-corrected chi connectivity index (χ1v) is 12.0. The molecule has 3 N–H and O–H groups in total. The number of hydrogen-bond donors (Lipinski definition) is 2. The summed E-state index contributed by atoms with van der Waals surface area (Å²) in [7, 11) is 1.61. The number of hydrogen-bond acceptors (Lipinski definition) is 7. The number of rotatable bonds is 9. The highest BCUT2D eigenvalue weighted by molar-refractivity contribution is 6.37. The summed E-state index contributed by atoms with van der Waals surface area (Å²) in [6.45, 7) is 4.68. The molecule has 2 aromatic heterocycles. The average molecular weight is 506 g/mol. The summed E-state index contributed by atoms with van der Waals surface area (Å²) in [6, 6.07) is 5.73. The second-order valence-electron chi connectivity index (χ2n) is 8.17. The highest BCUT2D eigenvalue weighted by Gasteiger charge is 2.21. The normalized spacial score (nSPS) is 15.3. The third kappa shape index (κ3) is 5.58. The molecule has 0 saturated carbocycles. The van der Waals surface area contributed by atoms with Crippen LogP contribution in [0.2, 0.25) is 10.0 Å². The lowest BCUT2D eigenvalue weighted by molar-refractivity contribution is 0.146. The van der Waals surface area contributed by atoms with Crippen LogP contribution in [-0.4, -0.2) is 48.2 Å². The number of benzene rings is 1. The van der Waals surface area contributed by atoms with Crippen molar-refractivity contribution in [3.8, 4) is 22.6 Å². The standard InChI is InChI=1S/C24H29Cl2N5O3/c1-15(22-19(25)3-4-20(23(22)26)33-10-9-32-2)34-21-11-16(12-29-24(21)27)17-13-30-31(14-17)18-5-7-28-8-6-18/h3-4,11-15,18,28H,5-10H2,1-2H3,(H2,27,29). The summed E-state index contributed by atoms with van der Waals surface area (Å²) >= 11 is 13.1. The summed E-state index contributed by atoms with van der Waals surface area (Å²) in [5.74, 6) is 1.23. The van der Waals surface area contributed by atoms with Crippen LogP contribution in [0.5, 0.6) is 11.5 Å². The maximum absolute atomic E-state index is 6.60. The van der Waals surface area contributed by atoms with Gasteiger partial charge in [-0.25, -0.2) is 4.98 Å². The van der Waals surface area contributed by atoms with Crippen molar-refractivity contribution < 1.29 is 14.2 Å². The van der Waals surface area contributed by atoms with E-state index in [-0.39, 0.29) is 5.82 Å². The molecule has 1 atom stereocenters. The second-order valence-corrected chi connectivity index (χ2v) is 8.96. The van der Waals surface area contributed by atoms with Crippen molar-refractivity contribution in [2.45, 2.75) is 31.9 Å². The van der Waals surface area contributed by atoms with E-state index in [9.17, 15) is 0 Å². The van der Waals surface area contributed by atoms with Crippen LogP contribution in [0.4, 0.5) is 5.82 Å². The highest BCUT2D eigenvalue weighted by Crippen LogP contribution is 2.40. The van der Waals surface area contributed by atoms with E-state index >= 15 is 0 Å². The van der Waals surface area contributed by atoms with Crippen molar-refractivity contribution in [1.82, 2.24) is 20.1 Å². The minimum absolute atomic E-state index is 0.279. The molecule has 3 aromatic rings. The van der Waals surface area contributed by atoms with E-state index in [1.807, 2.05) is 30.1 Å². The van der Waals surface area contributed by atoms with Crippen LogP contribution in [0, 0.1) is 0 Å². The van der Waals surface area contributed by atoms with Crippen LogP contribution in [0.25, 0.3) is 11.1 Å². The first-order chi connectivity index (χ1) is 16.5.